The second-order valence-corrected chi connectivity index (χ2v) is 11.4. The molecule has 0 unspecified atom stereocenters. The summed E-state index contributed by atoms with van der Waals surface area (Å²) >= 11 is 1.74. The number of nitrogens with one attached hydrogen (secondary N) is 1. The van der Waals surface area contributed by atoms with Crippen molar-refractivity contribution < 1.29 is 17.9 Å². The Morgan fingerprint density at radius 3 is 2.55 bits per heavy atom. The molecule has 0 bridgehead atoms. The van der Waals surface area contributed by atoms with Crippen molar-refractivity contribution >= 4 is 37.5 Å². The summed E-state index contributed by atoms with van der Waals surface area (Å²) in [6, 6.07) is 14.4. The molecule has 1 N–H and O–H groups in total. The van der Waals surface area contributed by atoms with Gasteiger partial charge in [0.15, 0.2) is 0 Å². The van der Waals surface area contributed by atoms with E-state index >= 15 is 0 Å². The van der Waals surface area contributed by atoms with Crippen LogP contribution in [0.15, 0.2) is 53.4 Å². The lowest BCUT2D eigenvalue weighted by atomic mass is 9.97. The minimum absolute atomic E-state index is 0.0611. The molecule has 2 aromatic carbocycles. The second-order valence-electron chi connectivity index (χ2n) is 8.60. The number of carbonyl (C=O) groups excluding carboxylic acids is 1. The molecular weight excluding hydrogens is 458 g/mol. The number of aromatic nitrogens is 1. The third kappa shape index (κ3) is 4.96. The number of hydrogen-bond acceptors (Lipinski definition) is 6. The summed E-state index contributed by atoms with van der Waals surface area (Å²) in [5.74, 6) is 0.308. The predicted molar refractivity (Wildman–Crippen MR) is 128 cm³/mol. The maximum atomic E-state index is 13.0. The fraction of sp³-hybridized carbons (Fsp3) is 0.417. The summed E-state index contributed by atoms with van der Waals surface area (Å²) in [4.78, 5) is 19.8. The average molecular weight is 486 g/mol. The highest BCUT2D eigenvalue weighted by atomic mass is 32.2. The van der Waals surface area contributed by atoms with Gasteiger partial charge in [-0.2, -0.15) is 0 Å². The van der Waals surface area contributed by atoms with Crippen LogP contribution in [0.3, 0.4) is 0 Å². The van der Waals surface area contributed by atoms with Crippen LogP contribution in [0.25, 0.3) is 10.2 Å². The number of para-hydroxylation sites is 1. The van der Waals surface area contributed by atoms with Crippen molar-refractivity contribution in [1.82, 2.24) is 14.6 Å². The highest BCUT2D eigenvalue weighted by Crippen LogP contribution is 2.34. The SMILES string of the molecule is O=C(c1ccc(S(=O)(=O)NC[C@@H]2CCCO2)cc1)N1CCC(c2nc3ccccc3s2)CC1. The lowest BCUT2D eigenvalue weighted by Crippen LogP contribution is -2.38. The molecule has 2 aliphatic heterocycles. The van der Waals surface area contributed by atoms with Gasteiger partial charge in [0.1, 0.15) is 0 Å². The topological polar surface area (TPSA) is 88.6 Å². The molecule has 2 aliphatic rings. The number of hydrogen-bond donors (Lipinski definition) is 1. The number of carbonyl (C=O) groups is 1. The van der Waals surface area contributed by atoms with E-state index < -0.39 is 10.0 Å². The Morgan fingerprint density at radius 1 is 1.09 bits per heavy atom. The fourth-order valence-corrected chi connectivity index (χ4v) is 6.65. The number of ether oxygens (including phenoxy) is 1. The van der Waals surface area contributed by atoms with Gasteiger partial charge in [-0.3, -0.25) is 4.79 Å². The lowest BCUT2D eigenvalue weighted by molar-refractivity contribution is 0.0713. The molecule has 2 fully saturated rings. The zero-order valence-electron chi connectivity index (χ0n) is 18.3. The molecule has 2 saturated heterocycles. The van der Waals surface area contributed by atoms with E-state index in [2.05, 4.69) is 10.8 Å². The summed E-state index contributed by atoms with van der Waals surface area (Å²) in [6.45, 7) is 2.29. The number of nitrogens with zero attached hydrogens (tertiary/aromatic N) is 2. The van der Waals surface area contributed by atoms with Gasteiger partial charge in [-0.25, -0.2) is 18.1 Å². The van der Waals surface area contributed by atoms with Crippen LogP contribution in [-0.4, -0.2) is 56.6 Å². The maximum absolute atomic E-state index is 13.0. The van der Waals surface area contributed by atoms with Crippen molar-refractivity contribution in [2.75, 3.05) is 26.2 Å². The van der Waals surface area contributed by atoms with E-state index in [1.807, 2.05) is 23.1 Å². The van der Waals surface area contributed by atoms with Gasteiger partial charge in [0.2, 0.25) is 10.0 Å². The molecule has 174 valence electrons. The van der Waals surface area contributed by atoms with Gasteiger partial charge >= 0.3 is 0 Å². The molecule has 5 rings (SSSR count). The van der Waals surface area contributed by atoms with Gasteiger partial charge in [0.25, 0.3) is 5.91 Å². The van der Waals surface area contributed by atoms with Crippen molar-refractivity contribution in [3.63, 3.8) is 0 Å². The number of likely N-dealkylation sites (tertiary alicyclic amines) is 1. The standard InChI is InChI=1S/C24H27N3O4S2/c28-24(18-7-9-20(10-8-18)33(29,30)25-16-19-4-3-15-31-19)27-13-11-17(12-14-27)23-26-21-5-1-2-6-22(21)32-23/h1-2,5-10,17,19,25H,3-4,11-16H2/t19-/m0/s1. The molecule has 1 aromatic heterocycles. The van der Waals surface area contributed by atoms with Crippen LogP contribution < -0.4 is 4.72 Å². The molecular formula is C24H27N3O4S2. The molecule has 3 heterocycles. The van der Waals surface area contributed by atoms with Crippen molar-refractivity contribution in [2.45, 2.75) is 42.6 Å². The predicted octanol–water partition coefficient (Wildman–Crippen LogP) is 3.77. The fourth-order valence-electron chi connectivity index (χ4n) is 4.44. The highest BCUT2D eigenvalue weighted by molar-refractivity contribution is 7.89. The number of benzene rings is 2. The molecule has 1 atom stereocenters. The van der Waals surface area contributed by atoms with E-state index in [0.717, 1.165) is 36.2 Å². The van der Waals surface area contributed by atoms with Gasteiger partial charge in [0.05, 0.1) is 26.2 Å². The quantitative estimate of drug-likeness (QED) is 0.574. The molecule has 0 spiro atoms. The third-order valence-corrected chi connectivity index (χ3v) is 9.02. The van der Waals surface area contributed by atoms with Crippen molar-refractivity contribution in [2.24, 2.45) is 0 Å². The monoisotopic (exact) mass is 485 g/mol. The van der Waals surface area contributed by atoms with E-state index in [1.54, 1.807) is 23.5 Å². The zero-order valence-corrected chi connectivity index (χ0v) is 19.9. The number of amides is 1. The largest absolute Gasteiger partial charge is 0.377 e. The van der Waals surface area contributed by atoms with Gasteiger partial charge in [-0.05, 0) is 62.1 Å². The Kier molecular flexibility index (Phi) is 6.47. The second kappa shape index (κ2) is 9.50. The number of sulfonamides is 1. The van der Waals surface area contributed by atoms with Crippen LogP contribution in [0.5, 0.6) is 0 Å². The van der Waals surface area contributed by atoms with Crippen molar-refractivity contribution in [3.05, 3.63) is 59.1 Å². The number of piperidine rings is 1. The number of rotatable bonds is 6. The molecule has 0 saturated carbocycles. The molecule has 9 heteroatoms. The molecule has 33 heavy (non-hydrogen) atoms. The summed E-state index contributed by atoms with van der Waals surface area (Å²) in [5, 5.41) is 1.15. The van der Waals surface area contributed by atoms with Gasteiger partial charge in [-0.15, -0.1) is 11.3 Å². The first-order valence-corrected chi connectivity index (χ1v) is 13.7. The summed E-state index contributed by atoms with van der Waals surface area (Å²) in [6.07, 6.45) is 3.52. The Balaban J connectivity index is 1.18. The minimum Gasteiger partial charge on any atom is -0.377 e. The maximum Gasteiger partial charge on any atom is 0.253 e. The van der Waals surface area contributed by atoms with E-state index in [-0.39, 0.29) is 23.5 Å². The highest BCUT2D eigenvalue weighted by Gasteiger charge is 2.27. The zero-order chi connectivity index (χ0) is 22.8. The van der Waals surface area contributed by atoms with E-state index in [9.17, 15) is 13.2 Å². The van der Waals surface area contributed by atoms with Crippen molar-refractivity contribution in [3.8, 4) is 0 Å². The van der Waals surface area contributed by atoms with E-state index in [0.29, 0.717) is 31.2 Å². The van der Waals surface area contributed by atoms with E-state index in [4.69, 9.17) is 9.72 Å². The first-order valence-electron chi connectivity index (χ1n) is 11.4. The van der Waals surface area contributed by atoms with Crippen LogP contribution in [0.2, 0.25) is 0 Å². The van der Waals surface area contributed by atoms with Crippen LogP contribution in [0.1, 0.15) is 47.0 Å². The minimum atomic E-state index is -3.62. The average Bonchev–Trinajstić information content (AvgIpc) is 3.52. The first-order chi connectivity index (χ1) is 16.0. The molecule has 0 aliphatic carbocycles. The first kappa shape index (κ1) is 22.5. The van der Waals surface area contributed by atoms with Crippen LogP contribution in [-0.2, 0) is 14.8 Å². The molecule has 0 radical (unpaired) electrons. The van der Waals surface area contributed by atoms with Crippen LogP contribution in [0.4, 0.5) is 0 Å². The number of thiazole rings is 1. The smallest absolute Gasteiger partial charge is 0.253 e. The normalized spacial score (nSPS) is 19.9. The van der Waals surface area contributed by atoms with Gasteiger partial charge < -0.3 is 9.64 Å². The third-order valence-electron chi connectivity index (χ3n) is 6.38. The Hall–Kier alpha value is -2.33. The molecule has 7 nitrogen and oxygen atoms in total. The van der Waals surface area contributed by atoms with Crippen molar-refractivity contribution in [1.29, 1.82) is 0 Å². The summed E-state index contributed by atoms with van der Waals surface area (Å²) in [7, 11) is -3.62. The van der Waals surface area contributed by atoms with Gasteiger partial charge in [-0.1, -0.05) is 12.1 Å². The summed E-state index contributed by atoms with van der Waals surface area (Å²) in [5.41, 5.74) is 1.54. The molecule has 1 amide bonds. The lowest BCUT2D eigenvalue weighted by Gasteiger charge is -2.31. The Morgan fingerprint density at radius 2 is 1.85 bits per heavy atom. The van der Waals surface area contributed by atoms with E-state index in [1.165, 1.54) is 16.8 Å². The Bertz CT molecular complexity index is 1190. The molecule has 3 aromatic rings. The Labute approximate surface area is 197 Å². The van der Waals surface area contributed by atoms with Crippen LogP contribution in [0, 0.1) is 0 Å². The number of fused-ring (bicyclic) bond motifs is 1. The van der Waals surface area contributed by atoms with Gasteiger partial charge in [0, 0.05) is 37.7 Å². The summed E-state index contributed by atoms with van der Waals surface area (Å²) < 4.78 is 34.4. The van der Waals surface area contributed by atoms with Crippen LogP contribution >= 0.6 is 11.3 Å².